The van der Waals surface area contributed by atoms with Gasteiger partial charge in [-0.15, -0.1) is 0 Å². The molecule has 2 N–H and O–H groups in total. The van der Waals surface area contributed by atoms with E-state index in [9.17, 15) is 4.79 Å². The van der Waals surface area contributed by atoms with Crippen LogP contribution in [-0.2, 0) is 10.3 Å². The van der Waals surface area contributed by atoms with Crippen molar-refractivity contribution in [2.45, 2.75) is 38.8 Å². The first-order valence-electron chi connectivity index (χ1n) is 6.41. The van der Waals surface area contributed by atoms with Crippen LogP contribution in [-0.4, -0.2) is 17.9 Å². The van der Waals surface area contributed by atoms with Crippen molar-refractivity contribution in [1.29, 1.82) is 0 Å². The number of aliphatic imine (C=N–C) groups is 1. The number of hydrogen-bond acceptors (Lipinski definition) is 2. The highest BCUT2D eigenvalue weighted by atomic mass is 79.9. The van der Waals surface area contributed by atoms with Crippen LogP contribution in [0.4, 0.5) is 0 Å². The zero-order valence-corrected chi connectivity index (χ0v) is 12.9. The van der Waals surface area contributed by atoms with Gasteiger partial charge in [-0.25, -0.2) is 0 Å². The second-order valence-electron chi connectivity index (χ2n) is 4.92. The van der Waals surface area contributed by atoms with Crippen LogP contribution in [0.25, 0.3) is 0 Å². The molecule has 5 heteroatoms. The molecule has 0 saturated carbocycles. The fourth-order valence-corrected chi connectivity index (χ4v) is 2.48. The van der Waals surface area contributed by atoms with E-state index in [4.69, 9.17) is 0 Å². The molecule has 1 aliphatic rings. The van der Waals surface area contributed by atoms with E-state index >= 15 is 0 Å². The van der Waals surface area contributed by atoms with Gasteiger partial charge < -0.3 is 5.32 Å². The van der Waals surface area contributed by atoms with E-state index in [1.165, 1.54) is 0 Å². The van der Waals surface area contributed by atoms with Crippen LogP contribution in [0.2, 0.25) is 0 Å². The zero-order chi connectivity index (χ0) is 14.0. The van der Waals surface area contributed by atoms with Crippen LogP contribution in [0.15, 0.2) is 33.7 Å². The molecule has 0 spiro atoms. The predicted octanol–water partition coefficient (Wildman–Crippen LogP) is 2.54. The maximum atomic E-state index is 12.3. The smallest absolute Gasteiger partial charge is 0.257 e. The molecule has 4 nitrogen and oxygen atoms in total. The van der Waals surface area contributed by atoms with Gasteiger partial charge in [-0.1, -0.05) is 35.0 Å². The van der Waals surface area contributed by atoms with E-state index in [0.717, 1.165) is 10.0 Å². The molecule has 102 valence electrons. The van der Waals surface area contributed by atoms with E-state index in [2.05, 4.69) is 31.6 Å². The second kappa shape index (κ2) is 5.33. The van der Waals surface area contributed by atoms with Crippen LogP contribution in [0, 0.1) is 0 Å². The number of carbonyl (C=O) groups excluding carboxylic acids is 1. The molecule has 1 amide bonds. The Morgan fingerprint density at radius 1 is 1.32 bits per heavy atom. The summed E-state index contributed by atoms with van der Waals surface area (Å²) in [6.07, 6.45) is 0.664. The van der Waals surface area contributed by atoms with Gasteiger partial charge in [-0.3, -0.25) is 15.1 Å². The van der Waals surface area contributed by atoms with Gasteiger partial charge in [0.25, 0.3) is 5.91 Å². The van der Waals surface area contributed by atoms with Crippen LogP contribution in [0.1, 0.15) is 32.8 Å². The fraction of sp³-hybridized carbons (Fsp3) is 0.429. The number of carbonyl (C=O) groups is 1. The number of nitrogens with zero attached hydrogens (tertiary/aromatic N) is 1. The van der Waals surface area contributed by atoms with Crippen molar-refractivity contribution in [1.82, 2.24) is 10.6 Å². The Morgan fingerprint density at radius 3 is 2.47 bits per heavy atom. The minimum atomic E-state index is -0.714. The summed E-state index contributed by atoms with van der Waals surface area (Å²) in [7, 11) is 0. The predicted molar refractivity (Wildman–Crippen MR) is 80.0 cm³/mol. The lowest BCUT2D eigenvalue weighted by molar-refractivity contribution is -0.124. The minimum absolute atomic E-state index is 0.0447. The number of halogens is 1. The fourth-order valence-electron chi connectivity index (χ4n) is 2.22. The zero-order valence-electron chi connectivity index (χ0n) is 11.3. The molecular weight excluding hydrogens is 306 g/mol. The highest BCUT2D eigenvalue weighted by molar-refractivity contribution is 9.10. The maximum Gasteiger partial charge on any atom is 0.257 e. The van der Waals surface area contributed by atoms with Crippen molar-refractivity contribution in [2.24, 2.45) is 4.99 Å². The Morgan fingerprint density at radius 2 is 1.95 bits per heavy atom. The number of guanidine groups is 1. The molecule has 1 aromatic rings. The molecule has 2 rings (SSSR count). The van der Waals surface area contributed by atoms with Crippen molar-refractivity contribution in [3.63, 3.8) is 0 Å². The SMILES string of the molecule is CCC1(c2ccc(Br)cc2)NC(=NC(C)C)NC1=O. The Balaban J connectivity index is 2.38. The lowest BCUT2D eigenvalue weighted by atomic mass is 9.87. The van der Waals surface area contributed by atoms with E-state index in [0.29, 0.717) is 12.4 Å². The summed E-state index contributed by atoms with van der Waals surface area (Å²) in [4.78, 5) is 16.7. The number of nitrogens with one attached hydrogen (secondary N) is 2. The maximum absolute atomic E-state index is 12.3. The molecule has 1 saturated heterocycles. The highest BCUT2D eigenvalue weighted by Crippen LogP contribution is 2.29. The minimum Gasteiger partial charge on any atom is -0.338 e. The lowest BCUT2D eigenvalue weighted by Crippen LogP contribution is -2.43. The number of amides is 1. The molecule has 0 radical (unpaired) electrons. The van der Waals surface area contributed by atoms with E-state index < -0.39 is 5.54 Å². The molecule has 1 aromatic carbocycles. The summed E-state index contributed by atoms with van der Waals surface area (Å²) in [5.74, 6) is 0.515. The van der Waals surface area contributed by atoms with Gasteiger partial charge in [0.1, 0.15) is 5.54 Å². The Bertz CT molecular complexity index is 510. The molecule has 0 bridgehead atoms. The molecule has 1 heterocycles. The standard InChI is InChI=1S/C14H18BrN3O/c1-4-14(10-5-7-11(15)8-6-10)12(19)17-13(18-14)16-9(2)3/h5-9H,4H2,1-3H3,(H2,16,17,18,19). The Hall–Kier alpha value is -1.36. The quantitative estimate of drug-likeness (QED) is 0.898. The summed E-state index contributed by atoms with van der Waals surface area (Å²) in [6.45, 7) is 5.95. The molecule has 1 unspecified atom stereocenters. The molecule has 1 aliphatic heterocycles. The number of benzene rings is 1. The van der Waals surface area contributed by atoms with Crippen LogP contribution < -0.4 is 10.6 Å². The van der Waals surface area contributed by atoms with Gasteiger partial charge in [0.2, 0.25) is 0 Å². The first kappa shape index (κ1) is 14.1. The van der Waals surface area contributed by atoms with Crippen LogP contribution in [0.3, 0.4) is 0 Å². The van der Waals surface area contributed by atoms with Crippen molar-refractivity contribution in [3.05, 3.63) is 34.3 Å². The Kier molecular flexibility index (Phi) is 3.94. The second-order valence-corrected chi connectivity index (χ2v) is 5.83. The Labute approximate surface area is 121 Å². The molecule has 19 heavy (non-hydrogen) atoms. The summed E-state index contributed by atoms with van der Waals surface area (Å²) < 4.78 is 0.997. The van der Waals surface area contributed by atoms with E-state index in [-0.39, 0.29) is 11.9 Å². The average Bonchev–Trinajstić information content (AvgIpc) is 2.66. The normalized spacial score (nSPS) is 24.7. The lowest BCUT2D eigenvalue weighted by Gasteiger charge is -2.25. The van der Waals surface area contributed by atoms with Crippen molar-refractivity contribution in [3.8, 4) is 0 Å². The van der Waals surface area contributed by atoms with Gasteiger partial charge in [0.15, 0.2) is 5.96 Å². The summed E-state index contributed by atoms with van der Waals surface area (Å²) in [5, 5.41) is 6.07. The summed E-state index contributed by atoms with van der Waals surface area (Å²) in [6, 6.07) is 7.94. The number of hydrogen-bond donors (Lipinski definition) is 2. The van der Waals surface area contributed by atoms with Gasteiger partial charge in [-0.05, 0) is 38.0 Å². The highest BCUT2D eigenvalue weighted by Gasteiger charge is 2.45. The number of rotatable bonds is 3. The largest absolute Gasteiger partial charge is 0.338 e. The van der Waals surface area contributed by atoms with Gasteiger partial charge in [-0.2, -0.15) is 0 Å². The summed E-state index contributed by atoms with van der Waals surface area (Å²) in [5.41, 5.74) is 0.235. The first-order chi connectivity index (χ1) is 8.98. The van der Waals surface area contributed by atoms with Crippen LogP contribution in [0.5, 0.6) is 0 Å². The molecule has 1 fully saturated rings. The van der Waals surface area contributed by atoms with Gasteiger partial charge in [0.05, 0.1) is 0 Å². The first-order valence-corrected chi connectivity index (χ1v) is 7.20. The third-order valence-electron chi connectivity index (χ3n) is 3.21. The summed E-state index contributed by atoms with van der Waals surface area (Å²) >= 11 is 3.41. The van der Waals surface area contributed by atoms with E-state index in [1.807, 2.05) is 45.0 Å². The van der Waals surface area contributed by atoms with E-state index in [1.54, 1.807) is 0 Å². The molecule has 1 atom stereocenters. The third kappa shape index (κ3) is 2.66. The van der Waals surface area contributed by atoms with Gasteiger partial charge >= 0.3 is 0 Å². The molecule has 0 aliphatic carbocycles. The topological polar surface area (TPSA) is 53.5 Å². The van der Waals surface area contributed by atoms with Crippen LogP contribution >= 0.6 is 15.9 Å². The van der Waals surface area contributed by atoms with Gasteiger partial charge in [0, 0.05) is 10.5 Å². The van der Waals surface area contributed by atoms with Crippen molar-refractivity contribution in [2.75, 3.05) is 0 Å². The average molecular weight is 324 g/mol. The monoisotopic (exact) mass is 323 g/mol. The van der Waals surface area contributed by atoms with Crippen molar-refractivity contribution >= 4 is 27.8 Å². The van der Waals surface area contributed by atoms with Crippen molar-refractivity contribution < 1.29 is 4.79 Å². The molecule has 0 aromatic heterocycles. The molecular formula is C14H18BrN3O. The third-order valence-corrected chi connectivity index (χ3v) is 3.73.